The summed E-state index contributed by atoms with van der Waals surface area (Å²) in [5, 5.41) is 0.802. The SMILES string of the molecule is Cc1cccc(CSC(C)C(=O)c2ccc(Cl)cc2Cl)c1. The fraction of sp³-hybridized carbons (Fsp3) is 0.235. The van der Waals surface area contributed by atoms with Crippen LogP contribution in [0.25, 0.3) is 0 Å². The molecule has 0 saturated carbocycles. The van der Waals surface area contributed by atoms with E-state index in [1.54, 1.807) is 30.0 Å². The minimum Gasteiger partial charge on any atom is -0.293 e. The molecule has 0 fully saturated rings. The third kappa shape index (κ3) is 4.50. The monoisotopic (exact) mass is 338 g/mol. The number of halogens is 2. The van der Waals surface area contributed by atoms with Crippen molar-refractivity contribution in [2.45, 2.75) is 24.9 Å². The summed E-state index contributed by atoms with van der Waals surface area (Å²) in [5.74, 6) is 0.842. The summed E-state index contributed by atoms with van der Waals surface area (Å²) in [4.78, 5) is 12.4. The summed E-state index contributed by atoms with van der Waals surface area (Å²) >= 11 is 13.6. The standard InChI is InChI=1S/C17H16Cl2OS/c1-11-4-3-5-13(8-11)10-21-12(2)17(20)15-7-6-14(18)9-16(15)19/h3-9,12H,10H2,1-2H3. The predicted molar refractivity (Wildman–Crippen MR) is 92.7 cm³/mol. The van der Waals surface area contributed by atoms with Crippen LogP contribution in [0.5, 0.6) is 0 Å². The van der Waals surface area contributed by atoms with Crippen molar-refractivity contribution in [3.8, 4) is 0 Å². The maximum Gasteiger partial charge on any atom is 0.177 e. The Hall–Kier alpha value is -0.960. The fourth-order valence-corrected chi connectivity index (χ4v) is 3.41. The van der Waals surface area contributed by atoms with E-state index in [1.165, 1.54) is 11.1 Å². The lowest BCUT2D eigenvalue weighted by Gasteiger charge is -2.12. The van der Waals surface area contributed by atoms with Gasteiger partial charge in [-0.1, -0.05) is 53.0 Å². The lowest BCUT2D eigenvalue weighted by molar-refractivity contribution is 0.0994. The molecule has 1 unspecified atom stereocenters. The van der Waals surface area contributed by atoms with Gasteiger partial charge in [0.15, 0.2) is 5.78 Å². The number of carbonyl (C=O) groups is 1. The van der Waals surface area contributed by atoms with Gasteiger partial charge in [0.25, 0.3) is 0 Å². The topological polar surface area (TPSA) is 17.1 Å². The van der Waals surface area contributed by atoms with Crippen LogP contribution in [-0.4, -0.2) is 11.0 Å². The number of rotatable bonds is 5. The Kier molecular flexibility index (Phi) is 5.74. The van der Waals surface area contributed by atoms with Crippen LogP contribution in [0.4, 0.5) is 0 Å². The highest BCUT2D eigenvalue weighted by molar-refractivity contribution is 7.99. The average molecular weight is 339 g/mol. The van der Waals surface area contributed by atoms with E-state index in [1.807, 2.05) is 13.0 Å². The first-order valence-corrected chi connectivity index (χ1v) is 8.44. The van der Waals surface area contributed by atoms with Gasteiger partial charge in [0.1, 0.15) is 0 Å². The van der Waals surface area contributed by atoms with E-state index in [0.29, 0.717) is 15.6 Å². The van der Waals surface area contributed by atoms with Crippen LogP contribution in [0.3, 0.4) is 0 Å². The normalized spacial score (nSPS) is 12.2. The molecule has 110 valence electrons. The second-order valence-corrected chi connectivity index (χ2v) is 7.10. The van der Waals surface area contributed by atoms with E-state index in [4.69, 9.17) is 23.2 Å². The molecule has 0 aromatic heterocycles. The Bertz CT molecular complexity index is 655. The molecule has 0 aliphatic heterocycles. The van der Waals surface area contributed by atoms with Crippen LogP contribution in [0.1, 0.15) is 28.4 Å². The zero-order valence-electron chi connectivity index (χ0n) is 11.9. The summed E-state index contributed by atoms with van der Waals surface area (Å²) in [5.41, 5.74) is 2.99. The van der Waals surface area contributed by atoms with Crippen molar-refractivity contribution >= 4 is 40.7 Å². The van der Waals surface area contributed by atoms with Crippen molar-refractivity contribution in [3.63, 3.8) is 0 Å². The molecular formula is C17H16Cl2OS. The molecule has 0 bridgehead atoms. The van der Waals surface area contributed by atoms with Crippen molar-refractivity contribution in [1.29, 1.82) is 0 Å². The van der Waals surface area contributed by atoms with E-state index in [9.17, 15) is 4.79 Å². The first-order chi connectivity index (χ1) is 9.97. The van der Waals surface area contributed by atoms with Crippen LogP contribution in [0.15, 0.2) is 42.5 Å². The van der Waals surface area contributed by atoms with Gasteiger partial charge in [0, 0.05) is 16.3 Å². The van der Waals surface area contributed by atoms with Crippen LogP contribution in [0.2, 0.25) is 10.0 Å². The van der Waals surface area contributed by atoms with Gasteiger partial charge in [-0.2, -0.15) is 0 Å². The second kappa shape index (κ2) is 7.35. The highest BCUT2D eigenvalue weighted by Crippen LogP contribution is 2.26. The average Bonchev–Trinajstić information content (AvgIpc) is 2.44. The number of hydrogen-bond donors (Lipinski definition) is 0. The molecule has 0 aliphatic carbocycles. The molecule has 1 atom stereocenters. The molecule has 21 heavy (non-hydrogen) atoms. The predicted octanol–water partition coefficient (Wildman–Crippen LogP) is 5.81. The second-order valence-electron chi connectivity index (χ2n) is 4.93. The number of carbonyl (C=O) groups excluding carboxylic acids is 1. The third-order valence-electron chi connectivity index (χ3n) is 3.15. The Morgan fingerprint density at radius 3 is 2.62 bits per heavy atom. The van der Waals surface area contributed by atoms with Gasteiger partial charge >= 0.3 is 0 Å². The van der Waals surface area contributed by atoms with Gasteiger partial charge in [0.2, 0.25) is 0 Å². The van der Waals surface area contributed by atoms with Crippen molar-refractivity contribution in [1.82, 2.24) is 0 Å². The molecule has 2 rings (SSSR count). The number of ketones is 1. The van der Waals surface area contributed by atoms with E-state index in [-0.39, 0.29) is 11.0 Å². The Morgan fingerprint density at radius 1 is 1.19 bits per heavy atom. The molecule has 0 amide bonds. The first kappa shape index (κ1) is 16.4. The summed E-state index contributed by atoms with van der Waals surface area (Å²) in [6.07, 6.45) is 0. The molecular weight excluding hydrogens is 323 g/mol. The first-order valence-electron chi connectivity index (χ1n) is 6.64. The van der Waals surface area contributed by atoms with Crippen molar-refractivity contribution in [3.05, 3.63) is 69.2 Å². The van der Waals surface area contributed by atoms with Crippen molar-refractivity contribution < 1.29 is 4.79 Å². The van der Waals surface area contributed by atoms with Gasteiger partial charge in [0.05, 0.1) is 10.3 Å². The lowest BCUT2D eigenvalue weighted by atomic mass is 10.1. The summed E-state index contributed by atoms with van der Waals surface area (Å²) in [7, 11) is 0. The highest BCUT2D eigenvalue weighted by atomic mass is 35.5. The third-order valence-corrected chi connectivity index (χ3v) is 4.91. The number of benzene rings is 2. The number of thioether (sulfide) groups is 1. The van der Waals surface area contributed by atoms with Gasteiger partial charge < -0.3 is 0 Å². The molecule has 2 aromatic rings. The van der Waals surface area contributed by atoms with E-state index >= 15 is 0 Å². The van der Waals surface area contributed by atoms with Crippen LogP contribution in [0, 0.1) is 6.92 Å². The molecule has 0 heterocycles. The molecule has 0 radical (unpaired) electrons. The highest BCUT2D eigenvalue weighted by Gasteiger charge is 2.18. The Morgan fingerprint density at radius 2 is 1.95 bits per heavy atom. The zero-order valence-corrected chi connectivity index (χ0v) is 14.2. The summed E-state index contributed by atoms with van der Waals surface area (Å²) in [6.45, 7) is 3.98. The number of Topliss-reactive ketones (excluding diaryl/α,β-unsaturated/α-hetero) is 1. The van der Waals surface area contributed by atoms with Gasteiger partial charge in [-0.3, -0.25) is 4.79 Å². The summed E-state index contributed by atoms with van der Waals surface area (Å²) < 4.78 is 0. The molecule has 0 spiro atoms. The largest absolute Gasteiger partial charge is 0.293 e. The molecule has 0 saturated heterocycles. The quantitative estimate of drug-likeness (QED) is 0.640. The number of hydrogen-bond acceptors (Lipinski definition) is 2. The fourth-order valence-electron chi connectivity index (χ4n) is 2.01. The molecule has 2 aromatic carbocycles. The van der Waals surface area contributed by atoms with Crippen molar-refractivity contribution in [2.75, 3.05) is 0 Å². The molecule has 1 nitrogen and oxygen atoms in total. The minimum absolute atomic E-state index is 0.0364. The number of aryl methyl sites for hydroxylation is 1. The van der Waals surface area contributed by atoms with E-state index in [0.717, 1.165) is 5.75 Å². The van der Waals surface area contributed by atoms with E-state index < -0.39 is 0 Å². The maximum absolute atomic E-state index is 12.4. The molecule has 0 aliphatic rings. The van der Waals surface area contributed by atoms with Crippen LogP contribution >= 0.6 is 35.0 Å². The Labute approximate surface area is 139 Å². The van der Waals surface area contributed by atoms with Crippen LogP contribution < -0.4 is 0 Å². The minimum atomic E-state index is -0.149. The smallest absolute Gasteiger partial charge is 0.177 e. The van der Waals surface area contributed by atoms with Crippen molar-refractivity contribution in [2.24, 2.45) is 0 Å². The van der Waals surface area contributed by atoms with E-state index in [2.05, 4.69) is 25.1 Å². The lowest BCUT2D eigenvalue weighted by Crippen LogP contribution is -2.14. The van der Waals surface area contributed by atoms with Crippen LogP contribution in [-0.2, 0) is 5.75 Å². The molecule has 0 N–H and O–H groups in total. The summed E-state index contributed by atoms with van der Waals surface area (Å²) in [6, 6.07) is 13.3. The zero-order chi connectivity index (χ0) is 15.4. The van der Waals surface area contributed by atoms with Gasteiger partial charge in [-0.15, -0.1) is 11.8 Å². The molecule has 4 heteroatoms. The maximum atomic E-state index is 12.4. The Balaban J connectivity index is 2.02. The van der Waals surface area contributed by atoms with Gasteiger partial charge in [-0.25, -0.2) is 0 Å². The van der Waals surface area contributed by atoms with Gasteiger partial charge in [-0.05, 0) is 37.6 Å².